The molecule has 0 spiro atoms. The van der Waals surface area contributed by atoms with Crippen LogP contribution in [-0.2, 0) is 0 Å². The van der Waals surface area contributed by atoms with E-state index in [-0.39, 0.29) is 0 Å². The molecule has 0 aromatic rings. The smallest absolute Gasteiger partial charge is 0.0443 e. The monoisotopic (exact) mass is 184 g/mol. The number of fused-ring (bicyclic) bond motifs is 2. The summed E-state index contributed by atoms with van der Waals surface area (Å²) in [5, 5.41) is 8.76. The van der Waals surface area contributed by atoms with Gasteiger partial charge in [0.25, 0.3) is 0 Å². The van der Waals surface area contributed by atoms with Crippen molar-refractivity contribution in [1.29, 1.82) is 0 Å². The van der Waals surface area contributed by atoms with Crippen LogP contribution in [-0.4, -0.2) is 60.3 Å². The van der Waals surface area contributed by atoms with Crippen molar-refractivity contribution in [3.63, 3.8) is 0 Å². The Kier molecular flexibility index (Phi) is 2.86. The summed E-state index contributed by atoms with van der Waals surface area (Å²) in [6, 6.07) is 1.58. The van der Waals surface area contributed by atoms with Crippen molar-refractivity contribution in [3.8, 4) is 0 Å². The second-order valence-electron chi connectivity index (χ2n) is 4.39. The highest BCUT2D eigenvalue weighted by molar-refractivity contribution is 4.93. The van der Waals surface area contributed by atoms with Gasteiger partial charge in [0.05, 0.1) is 0 Å². The normalized spacial score (nSPS) is 35.5. The summed E-state index contributed by atoms with van der Waals surface area (Å²) in [6.07, 6.45) is 3.68. The molecule has 2 unspecified atom stereocenters. The molecule has 3 heteroatoms. The van der Waals surface area contributed by atoms with E-state index in [1.165, 1.54) is 25.9 Å². The molecule has 76 valence electrons. The van der Waals surface area contributed by atoms with Crippen molar-refractivity contribution in [3.05, 3.63) is 0 Å². The van der Waals surface area contributed by atoms with Crippen LogP contribution in [0.25, 0.3) is 0 Å². The molecule has 0 saturated carbocycles. The average Bonchev–Trinajstić information content (AvgIpc) is 2.41. The molecule has 2 saturated heterocycles. The molecule has 2 atom stereocenters. The van der Waals surface area contributed by atoms with Gasteiger partial charge in [-0.05, 0) is 26.3 Å². The molecule has 13 heavy (non-hydrogen) atoms. The number of hydrogen-bond acceptors (Lipinski definition) is 3. The third kappa shape index (κ3) is 1.87. The zero-order valence-electron chi connectivity index (χ0n) is 8.45. The summed E-state index contributed by atoms with van der Waals surface area (Å²) in [6.45, 7) is 3.85. The minimum atomic E-state index is 0.335. The second kappa shape index (κ2) is 3.95. The van der Waals surface area contributed by atoms with Gasteiger partial charge >= 0.3 is 0 Å². The van der Waals surface area contributed by atoms with E-state index in [0.29, 0.717) is 6.61 Å². The maximum absolute atomic E-state index is 8.76. The van der Waals surface area contributed by atoms with Gasteiger partial charge in [-0.3, -0.25) is 4.90 Å². The summed E-state index contributed by atoms with van der Waals surface area (Å²) in [5.41, 5.74) is 0. The Hall–Kier alpha value is -0.120. The van der Waals surface area contributed by atoms with Crippen molar-refractivity contribution in [2.24, 2.45) is 0 Å². The maximum atomic E-state index is 8.76. The molecule has 0 aromatic carbocycles. The van der Waals surface area contributed by atoms with E-state index in [4.69, 9.17) is 5.11 Å². The lowest BCUT2D eigenvalue weighted by Crippen LogP contribution is -2.52. The highest BCUT2D eigenvalue weighted by Crippen LogP contribution is 2.28. The third-order valence-electron chi connectivity index (χ3n) is 3.56. The molecule has 0 radical (unpaired) electrons. The predicted octanol–water partition coefficient (Wildman–Crippen LogP) is 0.147. The Morgan fingerprint density at radius 3 is 2.38 bits per heavy atom. The molecule has 0 aromatic heterocycles. The van der Waals surface area contributed by atoms with Crippen LogP contribution in [0.1, 0.15) is 19.3 Å². The predicted molar refractivity (Wildman–Crippen MR) is 52.7 cm³/mol. The van der Waals surface area contributed by atoms with Crippen LogP contribution in [0.4, 0.5) is 0 Å². The SMILES string of the molecule is CN1C2CCC1CN(CCCO)C2. The van der Waals surface area contributed by atoms with E-state index in [2.05, 4.69) is 16.8 Å². The van der Waals surface area contributed by atoms with Crippen LogP contribution in [0.3, 0.4) is 0 Å². The highest BCUT2D eigenvalue weighted by Gasteiger charge is 2.36. The molecule has 3 nitrogen and oxygen atoms in total. The molecule has 2 bridgehead atoms. The zero-order chi connectivity index (χ0) is 9.26. The Balaban J connectivity index is 1.84. The standard InChI is InChI=1S/C10H20N2O/c1-11-9-3-4-10(11)8-12(7-9)5-2-6-13/h9-10,13H,2-8H2,1H3. The number of piperazine rings is 1. The summed E-state index contributed by atoms with van der Waals surface area (Å²) < 4.78 is 0. The largest absolute Gasteiger partial charge is 0.396 e. The van der Waals surface area contributed by atoms with Gasteiger partial charge in [-0.1, -0.05) is 0 Å². The van der Waals surface area contributed by atoms with Gasteiger partial charge < -0.3 is 10.0 Å². The zero-order valence-corrected chi connectivity index (χ0v) is 8.45. The van der Waals surface area contributed by atoms with Crippen LogP contribution in [0.2, 0.25) is 0 Å². The van der Waals surface area contributed by atoms with Gasteiger partial charge in [0.1, 0.15) is 0 Å². The second-order valence-corrected chi connectivity index (χ2v) is 4.39. The number of aliphatic hydroxyl groups excluding tert-OH is 1. The number of likely N-dealkylation sites (N-methyl/N-ethyl adjacent to an activating group) is 1. The molecule has 1 N–H and O–H groups in total. The molecule has 2 heterocycles. The fourth-order valence-electron chi connectivity index (χ4n) is 2.68. The van der Waals surface area contributed by atoms with Crippen LogP contribution >= 0.6 is 0 Å². The van der Waals surface area contributed by atoms with Gasteiger partial charge in [0.15, 0.2) is 0 Å². The third-order valence-corrected chi connectivity index (χ3v) is 3.56. The number of hydrogen-bond donors (Lipinski definition) is 1. The number of aliphatic hydroxyl groups is 1. The topological polar surface area (TPSA) is 26.7 Å². The summed E-state index contributed by atoms with van der Waals surface area (Å²) in [5.74, 6) is 0. The van der Waals surface area contributed by atoms with Gasteiger partial charge in [0.2, 0.25) is 0 Å². The van der Waals surface area contributed by atoms with Gasteiger partial charge in [-0.25, -0.2) is 0 Å². The molecular formula is C10H20N2O. The summed E-state index contributed by atoms with van der Waals surface area (Å²) in [4.78, 5) is 5.05. The molecule has 2 rings (SSSR count). The molecule has 2 aliphatic heterocycles. The lowest BCUT2D eigenvalue weighted by molar-refractivity contribution is 0.0836. The lowest BCUT2D eigenvalue weighted by atomic mass is 10.2. The van der Waals surface area contributed by atoms with Crippen LogP contribution < -0.4 is 0 Å². The number of rotatable bonds is 3. The Morgan fingerprint density at radius 2 is 1.85 bits per heavy atom. The maximum Gasteiger partial charge on any atom is 0.0443 e. The Bertz CT molecular complexity index is 160. The van der Waals surface area contributed by atoms with E-state index in [1.54, 1.807) is 0 Å². The van der Waals surface area contributed by atoms with E-state index < -0.39 is 0 Å². The fourth-order valence-corrected chi connectivity index (χ4v) is 2.68. The van der Waals surface area contributed by atoms with Gasteiger partial charge in [-0.2, -0.15) is 0 Å². The minimum absolute atomic E-state index is 0.335. The van der Waals surface area contributed by atoms with Crippen molar-refractivity contribution in [1.82, 2.24) is 9.80 Å². The first kappa shape index (κ1) is 9.44. The number of nitrogens with zero attached hydrogens (tertiary/aromatic N) is 2. The summed E-state index contributed by atoms with van der Waals surface area (Å²) in [7, 11) is 2.26. The van der Waals surface area contributed by atoms with Crippen molar-refractivity contribution < 1.29 is 5.11 Å². The van der Waals surface area contributed by atoms with E-state index in [0.717, 1.165) is 25.0 Å². The average molecular weight is 184 g/mol. The van der Waals surface area contributed by atoms with Crippen molar-refractivity contribution in [2.45, 2.75) is 31.3 Å². The summed E-state index contributed by atoms with van der Waals surface area (Å²) >= 11 is 0. The fraction of sp³-hybridized carbons (Fsp3) is 1.00. The molecule has 2 aliphatic rings. The molecule has 0 aliphatic carbocycles. The number of likely N-dealkylation sites (tertiary alicyclic amines) is 1. The van der Waals surface area contributed by atoms with Crippen LogP contribution in [0.5, 0.6) is 0 Å². The van der Waals surface area contributed by atoms with Crippen molar-refractivity contribution >= 4 is 0 Å². The van der Waals surface area contributed by atoms with E-state index in [1.807, 2.05) is 0 Å². The Labute approximate surface area is 80.3 Å². The minimum Gasteiger partial charge on any atom is -0.396 e. The first-order valence-electron chi connectivity index (χ1n) is 5.36. The van der Waals surface area contributed by atoms with Crippen LogP contribution in [0.15, 0.2) is 0 Å². The van der Waals surface area contributed by atoms with E-state index >= 15 is 0 Å². The molecule has 2 fully saturated rings. The van der Waals surface area contributed by atoms with Gasteiger partial charge in [-0.15, -0.1) is 0 Å². The highest BCUT2D eigenvalue weighted by atomic mass is 16.3. The quantitative estimate of drug-likeness (QED) is 0.676. The van der Waals surface area contributed by atoms with Crippen LogP contribution in [0, 0.1) is 0 Å². The first-order chi connectivity index (χ1) is 6.31. The lowest BCUT2D eigenvalue weighted by Gasteiger charge is -2.38. The van der Waals surface area contributed by atoms with Crippen molar-refractivity contribution in [2.75, 3.05) is 33.3 Å². The Morgan fingerprint density at radius 1 is 1.23 bits per heavy atom. The van der Waals surface area contributed by atoms with Gasteiger partial charge in [0, 0.05) is 38.3 Å². The first-order valence-corrected chi connectivity index (χ1v) is 5.36. The molecular weight excluding hydrogens is 164 g/mol. The molecule has 0 amide bonds. The van der Waals surface area contributed by atoms with E-state index in [9.17, 15) is 0 Å².